The summed E-state index contributed by atoms with van der Waals surface area (Å²) in [6, 6.07) is 5.46. The number of rotatable bonds is 3. The van der Waals surface area contributed by atoms with Crippen LogP contribution in [0.25, 0.3) is 0 Å². The number of amides is 1. The Morgan fingerprint density at radius 1 is 1.38 bits per heavy atom. The molecule has 0 aliphatic heterocycles. The fourth-order valence-electron chi connectivity index (χ4n) is 1.74. The number of nitrogens with two attached hydrogens (primary N) is 1. The molecule has 0 aliphatic carbocycles. The number of nitrogens with zero attached hydrogens (tertiary/aromatic N) is 2. The number of hydrogen-bond donors (Lipinski definition) is 3. The van der Waals surface area contributed by atoms with Crippen LogP contribution in [-0.2, 0) is 0 Å². The SMILES string of the molecule is Cc1cncc(C(=O)Nc2ccc(F)c(C(N)=NO)c2)c1. The van der Waals surface area contributed by atoms with E-state index in [1.807, 2.05) is 6.92 Å². The van der Waals surface area contributed by atoms with Gasteiger partial charge in [-0.1, -0.05) is 5.16 Å². The van der Waals surface area contributed by atoms with Crippen molar-refractivity contribution < 1.29 is 14.4 Å². The summed E-state index contributed by atoms with van der Waals surface area (Å²) in [5, 5.41) is 13.9. The number of amidine groups is 1. The topological polar surface area (TPSA) is 101 Å². The predicted molar refractivity (Wildman–Crippen MR) is 75.8 cm³/mol. The second kappa shape index (κ2) is 6.00. The highest BCUT2D eigenvalue weighted by Crippen LogP contribution is 2.16. The molecule has 1 aromatic heterocycles. The van der Waals surface area contributed by atoms with Crippen LogP contribution < -0.4 is 11.1 Å². The van der Waals surface area contributed by atoms with Crippen LogP contribution in [0.4, 0.5) is 10.1 Å². The fraction of sp³-hybridized carbons (Fsp3) is 0.0714. The second-order valence-electron chi connectivity index (χ2n) is 4.38. The van der Waals surface area contributed by atoms with E-state index in [2.05, 4.69) is 15.5 Å². The number of aryl methyl sites for hydroxylation is 1. The molecule has 2 rings (SSSR count). The molecule has 0 radical (unpaired) electrons. The molecule has 0 unspecified atom stereocenters. The molecule has 4 N–H and O–H groups in total. The Morgan fingerprint density at radius 3 is 2.81 bits per heavy atom. The summed E-state index contributed by atoms with van der Waals surface area (Å²) < 4.78 is 13.5. The van der Waals surface area contributed by atoms with Gasteiger partial charge in [-0.15, -0.1) is 0 Å². The average molecular weight is 288 g/mol. The Balaban J connectivity index is 2.26. The van der Waals surface area contributed by atoms with E-state index < -0.39 is 5.82 Å². The molecule has 1 heterocycles. The van der Waals surface area contributed by atoms with Crippen molar-refractivity contribution in [2.75, 3.05) is 5.32 Å². The molecule has 6 nitrogen and oxygen atoms in total. The summed E-state index contributed by atoms with van der Waals surface area (Å²) in [6.45, 7) is 1.82. The molecule has 7 heteroatoms. The second-order valence-corrected chi connectivity index (χ2v) is 4.38. The van der Waals surface area contributed by atoms with E-state index in [1.165, 1.54) is 18.3 Å². The third-order valence-corrected chi connectivity index (χ3v) is 2.75. The molecule has 0 saturated carbocycles. The van der Waals surface area contributed by atoms with Crippen molar-refractivity contribution in [3.63, 3.8) is 0 Å². The summed E-state index contributed by atoms with van der Waals surface area (Å²) >= 11 is 0. The molecule has 1 aromatic carbocycles. The van der Waals surface area contributed by atoms with Gasteiger partial charge in [0, 0.05) is 18.1 Å². The Bertz CT molecular complexity index is 716. The Labute approximate surface area is 120 Å². The first-order chi connectivity index (χ1) is 10.0. The number of halogens is 1. The number of anilines is 1. The van der Waals surface area contributed by atoms with Gasteiger partial charge in [0.1, 0.15) is 5.82 Å². The lowest BCUT2D eigenvalue weighted by atomic mass is 10.1. The molecule has 108 valence electrons. The monoisotopic (exact) mass is 288 g/mol. The smallest absolute Gasteiger partial charge is 0.257 e. The number of hydrogen-bond acceptors (Lipinski definition) is 4. The normalized spacial score (nSPS) is 11.2. The van der Waals surface area contributed by atoms with E-state index in [0.717, 1.165) is 11.6 Å². The zero-order valence-electron chi connectivity index (χ0n) is 11.2. The third kappa shape index (κ3) is 3.33. The maximum Gasteiger partial charge on any atom is 0.257 e. The van der Waals surface area contributed by atoms with Crippen LogP contribution in [0, 0.1) is 12.7 Å². The molecular formula is C14H13FN4O2. The van der Waals surface area contributed by atoms with Crippen LogP contribution in [-0.4, -0.2) is 21.9 Å². The molecule has 0 aliphatic rings. The number of carbonyl (C=O) groups excluding carboxylic acids is 1. The van der Waals surface area contributed by atoms with Crippen molar-refractivity contribution in [3.05, 3.63) is 59.2 Å². The predicted octanol–water partition coefficient (Wildman–Crippen LogP) is 1.88. The molecule has 21 heavy (non-hydrogen) atoms. The molecule has 0 atom stereocenters. The van der Waals surface area contributed by atoms with Gasteiger partial charge < -0.3 is 16.3 Å². The van der Waals surface area contributed by atoms with Crippen LogP contribution in [0.1, 0.15) is 21.5 Å². The lowest BCUT2D eigenvalue weighted by Crippen LogP contribution is -2.17. The standard InChI is InChI=1S/C14H13FN4O2/c1-8-4-9(7-17-6-8)14(20)18-10-2-3-12(15)11(5-10)13(16)19-21/h2-7,21H,1H3,(H2,16,19)(H,18,20). The van der Waals surface area contributed by atoms with Gasteiger partial charge in [-0.2, -0.15) is 0 Å². The number of nitrogens with one attached hydrogen (secondary N) is 1. The number of aromatic nitrogens is 1. The first-order valence-electron chi connectivity index (χ1n) is 6.01. The van der Waals surface area contributed by atoms with E-state index in [4.69, 9.17) is 10.9 Å². The van der Waals surface area contributed by atoms with Crippen LogP contribution in [0.3, 0.4) is 0 Å². The summed E-state index contributed by atoms with van der Waals surface area (Å²) in [4.78, 5) is 16.0. The van der Waals surface area contributed by atoms with Gasteiger partial charge in [0.25, 0.3) is 5.91 Å². The van der Waals surface area contributed by atoms with Gasteiger partial charge in [0.2, 0.25) is 0 Å². The highest BCUT2D eigenvalue weighted by atomic mass is 19.1. The molecule has 1 amide bonds. The summed E-state index contributed by atoms with van der Waals surface area (Å²) in [7, 11) is 0. The van der Waals surface area contributed by atoms with Gasteiger partial charge in [0.05, 0.1) is 11.1 Å². The van der Waals surface area contributed by atoms with Gasteiger partial charge in [-0.3, -0.25) is 9.78 Å². The highest BCUT2D eigenvalue weighted by molar-refractivity contribution is 6.05. The molecule has 0 spiro atoms. The number of pyridine rings is 1. The number of benzene rings is 1. The Kier molecular flexibility index (Phi) is 4.13. The highest BCUT2D eigenvalue weighted by Gasteiger charge is 2.11. The maximum absolute atomic E-state index is 13.5. The van der Waals surface area contributed by atoms with Crippen molar-refractivity contribution in [1.82, 2.24) is 4.98 Å². The van der Waals surface area contributed by atoms with E-state index in [0.29, 0.717) is 11.3 Å². The minimum atomic E-state index is -0.652. The quantitative estimate of drug-likeness (QED) is 0.347. The van der Waals surface area contributed by atoms with E-state index in [1.54, 1.807) is 12.3 Å². The van der Waals surface area contributed by atoms with Gasteiger partial charge in [0.15, 0.2) is 5.84 Å². The van der Waals surface area contributed by atoms with E-state index in [9.17, 15) is 9.18 Å². The van der Waals surface area contributed by atoms with Crippen molar-refractivity contribution in [3.8, 4) is 0 Å². The van der Waals surface area contributed by atoms with E-state index >= 15 is 0 Å². The molecule has 0 saturated heterocycles. The molecule has 0 fully saturated rings. The van der Waals surface area contributed by atoms with Crippen LogP contribution in [0.5, 0.6) is 0 Å². The van der Waals surface area contributed by atoms with Crippen LogP contribution >= 0.6 is 0 Å². The summed E-state index contributed by atoms with van der Waals surface area (Å²) in [5.41, 5.74) is 6.81. The largest absolute Gasteiger partial charge is 0.409 e. The van der Waals surface area contributed by atoms with Gasteiger partial charge in [-0.05, 0) is 36.8 Å². The summed E-state index contributed by atoms with van der Waals surface area (Å²) in [6.07, 6.45) is 3.06. The van der Waals surface area contributed by atoms with Crippen LogP contribution in [0.2, 0.25) is 0 Å². The Hall–Kier alpha value is -2.96. The zero-order chi connectivity index (χ0) is 15.4. The minimum absolute atomic E-state index is 0.0994. The Morgan fingerprint density at radius 2 is 2.14 bits per heavy atom. The minimum Gasteiger partial charge on any atom is -0.409 e. The zero-order valence-corrected chi connectivity index (χ0v) is 11.2. The van der Waals surface area contributed by atoms with Gasteiger partial charge in [-0.25, -0.2) is 4.39 Å². The van der Waals surface area contributed by atoms with Crippen molar-refractivity contribution in [1.29, 1.82) is 0 Å². The van der Waals surface area contributed by atoms with Crippen LogP contribution in [0.15, 0.2) is 41.8 Å². The lowest BCUT2D eigenvalue weighted by Gasteiger charge is -2.08. The lowest BCUT2D eigenvalue weighted by molar-refractivity contribution is 0.102. The first-order valence-corrected chi connectivity index (χ1v) is 6.01. The van der Waals surface area contributed by atoms with Gasteiger partial charge >= 0.3 is 0 Å². The number of carbonyl (C=O) groups is 1. The summed E-state index contributed by atoms with van der Waals surface area (Å²) in [5.74, 6) is -1.41. The van der Waals surface area contributed by atoms with E-state index in [-0.39, 0.29) is 17.3 Å². The first kappa shape index (κ1) is 14.4. The van der Waals surface area contributed by atoms with Crippen molar-refractivity contribution >= 4 is 17.4 Å². The molecule has 0 bridgehead atoms. The molecule has 2 aromatic rings. The number of oxime groups is 1. The molecular weight excluding hydrogens is 275 g/mol. The fourth-order valence-corrected chi connectivity index (χ4v) is 1.74. The van der Waals surface area contributed by atoms with Crippen molar-refractivity contribution in [2.45, 2.75) is 6.92 Å². The van der Waals surface area contributed by atoms with Crippen molar-refractivity contribution in [2.24, 2.45) is 10.9 Å². The third-order valence-electron chi connectivity index (χ3n) is 2.75. The maximum atomic E-state index is 13.5. The average Bonchev–Trinajstić information content (AvgIpc) is 2.48.